The zero-order chi connectivity index (χ0) is 13.8. The number of hydrogen-bond donors (Lipinski definition) is 1. The van der Waals surface area contributed by atoms with Gasteiger partial charge in [0.25, 0.3) is 0 Å². The molecule has 2 rings (SSSR count). The van der Waals surface area contributed by atoms with Gasteiger partial charge < -0.3 is 5.11 Å². The van der Waals surface area contributed by atoms with Gasteiger partial charge in [0.05, 0.1) is 5.56 Å². The third-order valence-corrected chi connectivity index (χ3v) is 3.49. The molecule has 0 spiro atoms. The molecule has 2 nitrogen and oxygen atoms in total. The van der Waals surface area contributed by atoms with Crippen molar-refractivity contribution in [2.75, 3.05) is 0 Å². The number of carbonyl (C=O) groups is 1. The second kappa shape index (κ2) is 5.84. The Morgan fingerprint density at radius 3 is 2.58 bits per heavy atom. The summed E-state index contributed by atoms with van der Waals surface area (Å²) in [5, 5.41) is 8.83. The highest BCUT2D eigenvalue weighted by molar-refractivity contribution is 7.98. The lowest BCUT2D eigenvalue weighted by molar-refractivity contribution is 0.0696. The first-order valence-electron chi connectivity index (χ1n) is 5.46. The van der Waals surface area contributed by atoms with Gasteiger partial charge in [0.2, 0.25) is 0 Å². The standard InChI is InChI=1S/C14H10F2O2S/c15-11-5-10(14(17)18)6-12(7-11)19-8-9-3-1-2-4-13(9)16/h1-7H,8H2,(H,17,18). The highest BCUT2D eigenvalue weighted by Gasteiger charge is 2.08. The van der Waals surface area contributed by atoms with E-state index in [0.717, 1.165) is 6.07 Å². The van der Waals surface area contributed by atoms with Gasteiger partial charge >= 0.3 is 5.97 Å². The van der Waals surface area contributed by atoms with Gasteiger partial charge in [0.1, 0.15) is 11.6 Å². The van der Waals surface area contributed by atoms with Gasteiger partial charge in [0, 0.05) is 10.6 Å². The number of halogens is 2. The number of carboxylic acids is 1. The van der Waals surface area contributed by atoms with Crippen molar-refractivity contribution in [3.8, 4) is 0 Å². The Morgan fingerprint density at radius 1 is 1.16 bits per heavy atom. The van der Waals surface area contributed by atoms with Crippen molar-refractivity contribution >= 4 is 17.7 Å². The summed E-state index contributed by atoms with van der Waals surface area (Å²) >= 11 is 1.19. The van der Waals surface area contributed by atoms with Crippen molar-refractivity contribution in [3.63, 3.8) is 0 Å². The molecule has 0 saturated carbocycles. The number of hydrogen-bond acceptors (Lipinski definition) is 2. The van der Waals surface area contributed by atoms with E-state index in [2.05, 4.69) is 0 Å². The van der Waals surface area contributed by atoms with E-state index < -0.39 is 11.8 Å². The number of aromatic carboxylic acids is 1. The van der Waals surface area contributed by atoms with Crippen LogP contribution in [0.25, 0.3) is 0 Å². The SMILES string of the molecule is O=C(O)c1cc(F)cc(SCc2ccccc2F)c1. The normalized spacial score (nSPS) is 10.4. The van der Waals surface area contributed by atoms with E-state index in [9.17, 15) is 13.6 Å². The zero-order valence-corrected chi connectivity index (χ0v) is 10.6. The molecule has 0 aromatic heterocycles. The van der Waals surface area contributed by atoms with E-state index in [0.29, 0.717) is 16.2 Å². The molecule has 1 N–H and O–H groups in total. The Labute approximate surface area is 113 Å². The van der Waals surface area contributed by atoms with E-state index in [1.54, 1.807) is 18.2 Å². The van der Waals surface area contributed by atoms with Gasteiger partial charge in [-0.25, -0.2) is 13.6 Å². The molecule has 0 aliphatic rings. The van der Waals surface area contributed by atoms with E-state index in [-0.39, 0.29) is 11.4 Å². The average molecular weight is 280 g/mol. The summed E-state index contributed by atoms with van der Waals surface area (Å²) < 4.78 is 26.6. The van der Waals surface area contributed by atoms with Gasteiger partial charge in [-0.3, -0.25) is 0 Å². The highest BCUT2D eigenvalue weighted by atomic mass is 32.2. The Hall–Kier alpha value is -1.88. The van der Waals surface area contributed by atoms with Gasteiger partial charge in [-0.15, -0.1) is 11.8 Å². The maximum absolute atomic E-state index is 13.4. The third-order valence-electron chi connectivity index (χ3n) is 2.47. The van der Waals surface area contributed by atoms with Crippen LogP contribution in [0, 0.1) is 11.6 Å². The van der Waals surface area contributed by atoms with Crippen LogP contribution in [0.1, 0.15) is 15.9 Å². The lowest BCUT2D eigenvalue weighted by atomic mass is 10.2. The quantitative estimate of drug-likeness (QED) is 0.861. The molecule has 0 unspecified atom stereocenters. The molecule has 0 bridgehead atoms. The maximum Gasteiger partial charge on any atom is 0.335 e. The van der Waals surface area contributed by atoms with Crippen molar-refractivity contribution < 1.29 is 18.7 Å². The fourth-order valence-corrected chi connectivity index (χ4v) is 2.51. The van der Waals surface area contributed by atoms with Crippen LogP contribution in [-0.4, -0.2) is 11.1 Å². The summed E-state index contributed by atoms with van der Waals surface area (Å²) in [5.41, 5.74) is 0.379. The molecular weight excluding hydrogens is 270 g/mol. The summed E-state index contributed by atoms with van der Waals surface area (Å²) in [4.78, 5) is 11.3. The van der Waals surface area contributed by atoms with Crippen LogP contribution < -0.4 is 0 Å². The molecular formula is C14H10F2O2S. The van der Waals surface area contributed by atoms with Crippen LogP contribution in [0.2, 0.25) is 0 Å². The predicted octanol–water partition coefficient (Wildman–Crippen LogP) is 3.96. The Bertz CT molecular complexity index is 614. The van der Waals surface area contributed by atoms with Crippen LogP contribution in [0.15, 0.2) is 47.4 Å². The first-order valence-corrected chi connectivity index (χ1v) is 6.45. The fourth-order valence-electron chi connectivity index (χ4n) is 1.55. The minimum Gasteiger partial charge on any atom is -0.478 e. The number of benzene rings is 2. The lowest BCUT2D eigenvalue weighted by Gasteiger charge is -2.05. The highest BCUT2D eigenvalue weighted by Crippen LogP contribution is 2.25. The molecule has 0 fully saturated rings. The number of rotatable bonds is 4. The zero-order valence-electron chi connectivity index (χ0n) is 9.77. The van der Waals surface area contributed by atoms with E-state index in [4.69, 9.17) is 5.11 Å². The Kier molecular flexibility index (Phi) is 4.16. The molecule has 0 heterocycles. The molecule has 0 aliphatic carbocycles. The minimum atomic E-state index is -1.19. The van der Waals surface area contributed by atoms with E-state index in [1.807, 2.05) is 0 Å². The summed E-state index contributed by atoms with van der Waals surface area (Å²) in [6.45, 7) is 0. The van der Waals surface area contributed by atoms with Crippen LogP contribution in [0.4, 0.5) is 8.78 Å². The van der Waals surface area contributed by atoms with Crippen molar-refractivity contribution in [1.29, 1.82) is 0 Å². The van der Waals surface area contributed by atoms with Gasteiger partial charge in [0.15, 0.2) is 0 Å². The largest absolute Gasteiger partial charge is 0.478 e. The monoisotopic (exact) mass is 280 g/mol. The predicted molar refractivity (Wildman–Crippen MR) is 69.3 cm³/mol. The van der Waals surface area contributed by atoms with Crippen LogP contribution in [0.5, 0.6) is 0 Å². The lowest BCUT2D eigenvalue weighted by Crippen LogP contribution is -1.97. The van der Waals surface area contributed by atoms with Crippen molar-refractivity contribution in [2.45, 2.75) is 10.6 Å². The van der Waals surface area contributed by atoms with Crippen molar-refractivity contribution in [1.82, 2.24) is 0 Å². The van der Waals surface area contributed by atoms with E-state index in [1.165, 1.54) is 30.0 Å². The smallest absolute Gasteiger partial charge is 0.335 e. The molecule has 0 saturated heterocycles. The van der Waals surface area contributed by atoms with Crippen molar-refractivity contribution in [3.05, 3.63) is 65.2 Å². The van der Waals surface area contributed by atoms with Crippen LogP contribution in [0.3, 0.4) is 0 Å². The van der Waals surface area contributed by atoms with Crippen molar-refractivity contribution in [2.24, 2.45) is 0 Å². The molecule has 2 aromatic rings. The number of thioether (sulfide) groups is 1. The summed E-state index contributed by atoms with van der Waals surface area (Å²) in [6.07, 6.45) is 0. The summed E-state index contributed by atoms with van der Waals surface area (Å²) in [5.74, 6) is -1.82. The topological polar surface area (TPSA) is 37.3 Å². The van der Waals surface area contributed by atoms with Crippen LogP contribution >= 0.6 is 11.8 Å². The molecule has 0 atom stereocenters. The molecule has 2 aromatic carbocycles. The fraction of sp³-hybridized carbons (Fsp3) is 0.0714. The minimum absolute atomic E-state index is 0.115. The third kappa shape index (κ3) is 3.54. The van der Waals surface area contributed by atoms with Gasteiger partial charge in [-0.1, -0.05) is 18.2 Å². The van der Waals surface area contributed by atoms with Gasteiger partial charge in [-0.2, -0.15) is 0 Å². The molecule has 5 heteroatoms. The first-order chi connectivity index (χ1) is 9.06. The molecule has 98 valence electrons. The average Bonchev–Trinajstić information content (AvgIpc) is 2.37. The maximum atomic E-state index is 13.4. The summed E-state index contributed by atoms with van der Waals surface area (Å²) in [6, 6.07) is 9.86. The van der Waals surface area contributed by atoms with E-state index >= 15 is 0 Å². The first kappa shape index (κ1) is 13.5. The summed E-state index contributed by atoms with van der Waals surface area (Å²) in [7, 11) is 0. The van der Waals surface area contributed by atoms with Crippen LogP contribution in [-0.2, 0) is 5.75 Å². The Balaban J connectivity index is 2.16. The molecule has 19 heavy (non-hydrogen) atoms. The molecule has 0 amide bonds. The molecule has 0 aliphatic heterocycles. The second-order valence-electron chi connectivity index (χ2n) is 3.86. The van der Waals surface area contributed by atoms with Gasteiger partial charge in [-0.05, 0) is 29.8 Å². The number of carboxylic acid groups (broad SMARTS) is 1. The molecule has 0 radical (unpaired) electrons. The Morgan fingerprint density at radius 2 is 1.89 bits per heavy atom. The second-order valence-corrected chi connectivity index (χ2v) is 4.91.